The molecule has 0 spiro atoms. The highest BCUT2D eigenvalue weighted by atomic mass is 19.2. The highest BCUT2D eigenvalue weighted by Crippen LogP contribution is 2.25. The number of hydrogen-bond acceptors (Lipinski definition) is 2. The number of aromatic amines is 1. The lowest BCUT2D eigenvalue weighted by Gasteiger charge is -1.97. The number of aromatic carboxylic acids is 1. The van der Waals surface area contributed by atoms with Crippen LogP contribution in [-0.4, -0.2) is 21.0 Å². The number of nitrogens with one attached hydrogen (secondary N) is 1. The Bertz CT molecular complexity index is 874. The van der Waals surface area contributed by atoms with Gasteiger partial charge in [0.1, 0.15) is 17.2 Å². The summed E-state index contributed by atoms with van der Waals surface area (Å²) in [6.45, 7) is 0. The zero-order valence-corrected chi connectivity index (χ0v) is 10.3. The Morgan fingerprint density at radius 1 is 1.10 bits per heavy atom. The van der Waals surface area contributed by atoms with Crippen LogP contribution in [0.4, 0.5) is 13.2 Å². The van der Waals surface area contributed by atoms with Crippen molar-refractivity contribution in [3.8, 4) is 11.4 Å². The molecule has 1 heterocycles. The van der Waals surface area contributed by atoms with Gasteiger partial charge in [-0.1, -0.05) is 0 Å². The molecule has 2 aromatic carbocycles. The molecule has 2 N–H and O–H groups in total. The average molecular weight is 292 g/mol. The molecule has 0 fully saturated rings. The van der Waals surface area contributed by atoms with E-state index in [0.717, 1.165) is 24.3 Å². The van der Waals surface area contributed by atoms with Crippen LogP contribution in [0.1, 0.15) is 10.4 Å². The van der Waals surface area contributed by atoms with Crippen LogP contribution in [0, 0.1) is 17.5 Å². The fourth-order valence-electron chi connectivity index (χ4n) is 2.03. The third-order valence-electron chi connectivity index (χ3n) is 2.97. The minimum Gasteiger partial charge on any atom is -0.478 e. The summed E-state index contributed by atoms with van der Waals surface area (Å²) >= 11 is 0. The van der Waals surface area contributed by atoms with Gasteiger partial charge < -0.3 is 10.1 Å². The molecule has 0 saturated carbocycles. The fraction of sp³-hybridized carbons (Fsp3) is 0. The van der Waals surface area contributed by atoms with Gasteiger partial charge in [0.15, 0.2) is 11.6 Å². The van der Waals surface area contributed by atoms with Crippen molar-refractivity contribution >= 4 is 17.0 Å². The summed E-state index contributed by atoms with van der Waals surface area (Å²) in [6, 6.07) is 5.06. The van der Waals surface area contributed by atoms with Gasteiger partial charge in [0.2, 0.25) is 0 Å². The first-order valence-electron chi connectivity index (χ1n) is 5.83. The Kier molecular flexibility index (Phi) is 2.90. The number of halogens is 3. The number of imidazole rings is 1. The molecule has 0 atom stereocenters. The molecule has 0 amide bonds. The largest absolute Gasteiger partial charge is 0.478 e. The SMILES string of the molecule is O=C(O)c1cc(F)cc2[nH]c(-c3ccc(F)c(F)c3)nc12. The van der Waals surface area contributed by atoms with E-state index in [9.17, 15) is 18.0 Å². The lowest BCUT2D eigenvalue weighted by molar-refractivity contribution is 0.0698. The van der Waals surface area contributed by atoms with Crippen LogP contribution in [-0.2, 0) is 0 Å². The number of aromatic nitrogens is 2. The number of carbonyl (C=O) groups is 1. The maximum atomic E-state index is 13.4. The minimum atomic E-state index is -1.33. The summed E-state index contributed by atoms with van der Waals surface area (Å²) in [5.41, 5.74) is 0.118. The first-order chi connectivity index (χ1) is 9.95. The Labute approximate surface area is 115 Å². The second kappa shape index (κ2) is 4.62. The second-order valence-electron chi connectivity index (χ2n) is 4.37. The molecule has 0 saturated heterocycles. The average Bonchev–Trinajstić information content (AvgIpc) is 2.84. The van der Waals surface area contributed by atoms with Crippen molar-refractivity contribution in [2.24, 2.45) is 0 Å². The van der Waals surface area contributed by atoms with Gasteiger partial charge in [-0.2, -0.15) is 0 Å². The summed E-state index contributed by atoms with van der Waals surface area (Å²) in [4.78, 5) is 17.8. The number of hydrogen-bond donors (Lipinski definition) is 2. The van der Waals surface area contributed by atoms with Crippen LogP contribution in [0.15, 0.2) is 30.3 Å². The fourth-order valence-corrected chi connectivity index (χ4v) is 2.03. The molecular formula is C14H7F3N2O2. The van der Waals surface area contributed by atoms with E-state index in [1.165, 1.54) is 6.07 Å². The van der Waals surface area contributed by atoms with E-state index in [2.05, 4.69) is 9.97 Å². The molecule has 0 bridgehead atoms. The molecule has 4 nitrogen and oxygen atoms in total. The van der Waals surface area contributed by atoms with Crippen molar-refractivity contribution in [3.63, 3.8) is 0 Å². The van der Waals surface area contributed by atoms with Crippen molar-refractivity contribution in [3.05, 3.63) is 53.3 Å². The molecule has 1 aromatic heterocycles. The highest BCUT2D eigenvalue weighted by molar-refractivity contribution is 6.01. The number of nitrogens with zero attached hydrogens (tertiary/aromatic N) is 1. The molecule has 106 valence electrons. The first-order valence-corrected chi connectivity index (χ1v) is 5.83. The van der Waals surface area contributed by atoms with Crippen molar-refractivity contribution in [2.75, 3.05) is 0 Å². The molecule has 0 unspecified atom stereocenters. The minimum absolute atomic E-state index is 0.0450. The normalized spacial score (nSPS) is 11.0. The number of rotatable bonds is 2. The summed E-state index contributed by atoms with van der Waals surface area (Å²) in [5.74, 6) is -4.01. The molecule has 7 heteroatoms. The molecule has 0 aliphatic heterocycles. The third-order valence-corrected chi connectivity index (χ3v) is 2.97. The number of benzene rings is 2. The van der Waals surface area contributed by atoms with Gasteiger partial charge in [0, 0.05) is 5.56 Å². The molecule has 0 radical (unpaired) electrons. The molecule has 0 aliphatic carbocycles. The van der Waals surface area contributed by atoms with Gasteiger partial charge in [0.05, 0.1) is 11.1 Å². The van der Waals surface area contributed by atoms with E-state index in [1.54, 1.807) is 0 Å². The predicted molar refractivity (Wildman–Crippen MR) is 68.4 cm³/mol. The van der Waals surface area contributed by atoms with Gasteiger partial charge in [-0.15, -0.1) is 0 Å². The summed E-state index contributed by atoms with van der Waals surface area (Å²) in [6.07, 6.45) is 0. The van der Waals surface area contributed by atoms with Crippen LogP contribution in [0.5, 0.6) is 0 Å². The Balaban J connectivity index is 2.23. The molecular weight excluding hydrogens is 285 g/mol. The molecule has 3 rings (SSSR count). The zero-order valence-electron chi connectivity index (χ0n) is 10.3. The highest BCUT2D eigenvalue weighted by Gasteiger charge is 2.16. The number of carboxylic acid groups (broad SMARTS) is 1. The van der Waals surface area contributed by atoms with Crippen LogP contribution >= 0.6 is 0 Å². The predicted octanol–water partition coefficient (Wildman–Crippen LogP) is 3.35. The van der Waals surface area contributed by atoms with E-state index in [1.807, 2.05) is 0 Å². The Hall–Kier alpha value is -2.83. The van der Waals surface area contributed by atoms with E-state index < -0.39 is 23.4 Å². The van der Waals surface area contributed by atoms with Crippen LogP contribution < -0.4 is 0 Å². The monoisotopic (exact) mass is 292 g/mol. The van der Waals surface area contributed by atoms with Crippen LogP contribution in [0.2, 0.25) is 0 Å². The first kappa shape index (κ1) is 13.2. The second-order valence-corrected chi connectivity index (χ2v) is 4.37. The number of carboxylic acids is 1. The van der Waals surface area contributed by atoms with Crippen molar-refractivity contribution < 1.29 is 23.1 Å². The van der Waals surface area contributed by atoms with Gasteiger partial charge >= 0.3 is 5.97 Å². The smallest absolute Gasteiger partial charge is 0.338 e. The van der Waals surface area contributed by atoms with Crippen molar-refractivity contribution in [2.45, 2.75) is 0 Å². The van der Waals surface area contributed by atoms with Gasteiger partial charge in [-0.25, -0.2) is 22.9 Å². The third kappa shape index (κ3) is 2.22. The van der Waals surface area contributed by atoms with Crippen molar-refractivity contribution in [1.29, 1.82) is 0 Å². The maximum absolute atomic E-state index is 13.4. The lowest BCUT2D eigenvalue weighted by atomic mass is 10.2. The van der Waals surface area contributed by atoms with Gasteiger partial charge in [-0.05, 0) is 30.3 Å². The maximum Gasteiger partial charge on any atom is 0.338 e. The molecule has 21 heavy (non-hydrogen) atoms. The lowest BCUT2D eigenvalue weighted by Crippen LogP contribution is -1.98. The molecule has 3 aromatic rings. The van der Waals surface area contributed by atoms with Crippen LogP contribution in [0.3, 0.4) is 0 Å². The quantitative estimate of drug-likeness (QED) is 0.761. The number of H-pyrrole nitrogens is 1. The Morgan fingerprint density at radius 3 is 2.52 bits per heavy atom. The summed E-state index contributed by atoms with van der Waals surface area (Å²) in [5, 5.41) is 9.04. The Morgan fingerprint density at radius 2 is 1.86 bits per heavy atom. The van der Waals surface area contributed by atoms with Gasteiger partial charge in [-0.3, -0.25) is 0 Å². The van der Waals surface area contributed by atoms with Gasteiger partial charge in [0.25, 0.3) is 0 Å². The summed E-state index contributed by atoms with van der Waals surface area (Å²) < 4.78 is 39.5. The van der Waals surface area contributed by atoms with E-state index in [0.29, 0.717) is 0 Å². The zero-order chi connectivity index (χ0) is 15.1. The summed E-state index contributed by atoms with van der Waals surface area (Å²) in [7, 11) is 0. The molecule has 0 aliphatic rings. The topological polar surface area (TPSA) is 66.0 Å². The van der Waals surface area contributed by atoms with Crippen LogP contribution in [0.25, 0.3) is 22.4 Å². The van der Waals surface area contributed by atoms with Crippen molar-refractivity contribution in [1.82, 2.24) is 9.97 Å². The van der Waals surface area contributed by atoms with E-state index in [4.69, 9.17) is 5.11 Å². The number of fused-ring (bicyclic) bond motifs is 1. The van der Waals surface area contributed by atoms with E-state index >= 15 is 0 Å². The standard InChI is InChI=1S/C14H7F3N2O2/c15-7-4-8(14(20)21)12-11(5-7)18-13(19-12)6-1-2-9(16)10(17)3-6/h1-5H,(H,18,19)(H,20,21). The van der Waals surface area contributed by atoms with E-state index in [-0.39, 0.29) is 28.0 Å².